The molecule has 1 saturated carbocycles. The van der Waals surface area contributed by atoms with Crippen molar-refractivity contribution >= 4 is 132 Å². The molecule has 3 nitrogen and oxygen atoms in total. The van der Waals surface area contributed by atoms with Crippen molar-refractivity contribution in [2.75, 3.05) is 14.7 Å². The van der Waals surface area contributed by atoms with Crippen LogP contribution in [-0.2, 0) is 10.8 Å². The van der Waals surface area contributed by atoms with Crippen LogP contribution in [-0.4, -0.2) is 12.3 Å². The predicted octanol–water partition coefficient (Wildman–Crippen LogP) is 15.9. The molecule has 67 heavy (non-hydrogen) atoms. The molecule has 2 unspecified atom stereocenters. The molecule has 6 heteroatoms. The number of hydrogen-bond acceptors (Lipinski definition) is 5. The Kier molecular flexibility index (Phi) is 8.24. The van der Waals surface area contributed by atoms with E-state index in [1.807, 2.05) is 22.7 Å². The smallest absolute Gasteiger partial charge is 0.252 e. The molecule has 10 aromatic rings. The molecule has 326 valence electrons. The molecule has 8 aromatic carbocycles. The normalized spacial score (nSPS) is 19.6. The number of thiophene rings is 2. The summed E-state index contributed by atoms with van der Waals surface area (Å²) in [5.41, 5.74) is 18.3. The van der Waals surface area contributed by atoms with Crippen molar-refractivity contribution in [2.24, 2.45) is 0 Å². The Bertz CT molecular complexity index is 3740. The van der Waals surface area contributed by atoms with E-state index in [4.69, 9.17) is 0 Å². The van der Waals surface area contributed by atoms with E-state index < -0.39 is 0 Å². The van der Waals surface area contributed by atoms with Crippen molar-refractivity contribution < 1.29 is 0 Å². The van der Waals surface area contributed by atoms with Gasteiger partial charge in [-0.05, 0) is 144 Å². The fourth-order valence-electron chi connectivity index (χ4n) is 13.2. The SMILES string of the molecule is Cc1cc2c3c(c1)N(c1cccc4sc5ccccc5c14)c1cc(C(C)(C)C)ccc1B3c1ccc(N3c4ccccc4C4(C)CCCCC34C)cc1N2c1ccc2sc3ccccc3c2c1. The van der Waals surface area contributed by atoms with Gasteiger partial charge in [0.15, 0.2) is 0 Å². The highest BCUT2D eigenvalue weighted by Crippen LogP contribution is 2.61. The van der Waals surface area contributed by atoms with Gasteiger partial charge in [-0.25, -0.2) is 0 Å². The molecule has 0 amide bonds. The molecule has 0 radical (unpaired) electrons. The second-order valence-corrected chi connectivity index (χ2v) is 23.4. The second-order valence-electron chi connectivity index (χ2n) is 21.3. The summed E-state index contributed by atoms with van der Waals surface area (Å²) in [6.45, 7) is 14.5. The van der Waals surface area contributed by atoms with Crippen LogP contribution in [0.15, 0.2) is 158 Å². The van der Waals surface area contributed by atoms with Gasteiger partial charge in [-0.15, -0.1) is 22.7 Å². The number of hydrogen-bond donors (Lipinski definition) is 0. The van der Waals surface area contributed by atoms with Crippen LogP contribution in [0.5, 0.6) is 0 Å². The third-order valence-electron chi connectivity index (χ3n) is 16.6. The number of nitrogens with zero attached hydrogens (tertiary/aromatic N) is 3. The van der Waals surface area contributed by atoms with Gasteiger partial charge in [0.1, 0.15) is 0 Å². The van der Waals surface area contributed by atoms with Gasteiger partial charge in [0.2, 0.25) is 0 Å². The van der Waals surface area contributed by atoms with Crippen molar-refractivity contribution in [3.05, 3.63) is 174 Å². The van der Waals surface area contributed by atoms with Crippen molar-refractivity contribution in [3.63, 3.8) is 0 Å². The van der Waals surface area contributed by atoms with Crippen molar-refractivity contribution in [3.8, 4) is 0 Å². The largest absolute Gasteiger partial charge is 0.334 e. The van der Waals surface area contributed by atoms with Gasteiger partial charge in [-0.2, -0.15) is 0 Å². The quantitative estimate of drug-likeness (QED) is 0.164. The number of rotatable bonds is 3. The van der Waals surface area contributed by atoms with Gasteiger partial charge >= 0.3 is 0 Å². The van der Waals surface area contributed by atoms with E-state index in [1.165, 1.54) is 145 Å². The molecule has 1 fully saturated rings. The maximum Gasteiger partial charge on any atom is 0.252 e. The first-order chi connectivity index (χ1) is 32.5. The molecule has 0 spiro atoms. The zero-order valence-electron chi connectivity index (χ0n) is 39.1. The van der Waals surface area contributed by atoms with Crippen LogP contribution >= 0.6 is 22.7 Å². The summed E-state index contributed by atoms with van der Waals surface area (Å²) >= 11 is 3.79. The second kappa shape index (κ2) is 13.9. The van der Waals surface area contributed by atoms with Gasteiger partial charge in [0.25, 0.3) is 6.71 Å². The molecular weight excluding hydrogens is 850 g/mol. The van der Waals surface area contributed by atoms with E-state index in [0.29, 0.717) is 0 Å². The van der Waals surface area contributed by atoms with Gasteiger partial charge in [0, 0.05) is 85.6 Å². The standard InChI is InChI=1S/C61H52BN3S2/c1-37-32-51-58-52(33-37)64(48-20-15-23-56-57(48)42-17-8-12-22-54(42)67-56)49-34-38(59(2,3)4)24-27-45(49)62(58)46-28-25-40(65-47-19-10-9-18-44(47)60(5)30-13-14-31-61(60,65)6)36-50(46)63(51)39-26-29-55-43(35-39)41-16-7-11-21-53(41)66-55/h7-12,15-29,32-36H,13-14,30-31H2,1-6H3. The highest BCUT2D eigenvalue weighted by atomic mass is 32.1. The van der Waals surface area contributed by atoms with Gasteiger partial charge in [-0.3, -0.25) is 0 Å². The van der Waals surface area contributed by atoms with E-state index in [2.05, 4.69) is 214 Å². The summed E-state index contributed by atoms with van der Waals surface area (Å²) in [4.78, 5) is 8.04. The Hall–Kier alpha value is -6.34. The van der Waals surface area contributed by atoms with E-state index in [0.717, 1.165) is 0 Å². The third-order valence-corrected chi connectivity index (χ3v) is 18.9. The number of anilines is 8. The molecule has 4 aliphatic rings. The van der Waals surface area contributed by atoms with Gasteiger partial charge in [0.05, 0.1) is 11.2 Å². The lowest BCUT2D eigenvalue weighted by molar-refractivity contribution is 0.195. The van der Waals surface area contributed by atoms with Gasteiger partial charge < -0.3 is 14.7 Å². The first-order valence-electron chi connectivity index (χ1n) is 24.2. The molecule has 0 N–H and O–H groups in total. The highest BCUT2D eigenvalue weighted by molar-refractivity contribution is 7.26. The molecule has 0 bridgehead atoms. The molecule has 1 aliphatic carbocycles. The summed E-state index contributed by atoms with van der Waals surface area (Å²) in [5.74, 6) is 0. The number of fused-ring (bicyclic) bond motifs is 13. The molecule has 2 aromatic heterocycles. The maximum atomic E-state index is 2.75. The van der Waals surface area contributed by atoms with Crippen LogP contribution in [0.1, 0.15) is 77.0 Å². The van der Waals surface area contributed by atoms with E-state index >= 15 is 0 Å². The van der Waals surface area contributed by atoms with Crippen LogP contribution in [0.25, 0.3) is 40.3 Å². The predicted molar refractivity (Wildman–Crippen MR) is 292 cm³/mol. The highest BCUT2D eigenvalue weighted by Gasteiger charge is 2.58. The summed E-state index contributed by atoms with van der Waals surface area (Å²) in [6, 6.07) is 61.3. The third kappa shape index (κ3) is 5.40. The van der Waals surface area contributed by atoms with E-state index in [-0.39, 0.29) is 23.1 Å². The van der Waals surface area contributed by atoms with E-state index in [1.54, 1.807) is 0 Å². The Labute approximate surface area is 402 Å². The minimum atomic E-state index is -0.0486. The van der Waals surface area contributed by atoms with Crippen molar-refractivity contribution in [2.45, 2.75) is 83.6 Å². The molecule has 2 atom stereocenters. The lowest BCUT2D eigenvalue weighted by Crippen LogP contribution is -2.61. The average molecular weight is 902 g/mol. The Morgan fingerprint density at radius 1 is 0.507 bits per heavy atom. The van der Waals surface area contributed by atoms with Crippen LogP contribution in [0.4, 0.5) is 45.5 Å². The Balaban J connectivity index is 1.07. The van der Waals surface area contributed by atoms with Crippen molar-refractivity contribution in [1.29, 1.82) is 0 Å². The molecule has 14 rings (SSSR count). The molecule has 3 aliphatic heterocycles. The fourth-order valence-corrected chi connectivity index (χ4v) is 15.4. The van der Waals surface area contributed by atoms with Gasteiger partial charge in [-0.1, -0.05) is 119 Å². The summed E-state index contributed by atoms with van der Waals surface area (Å²) in [6.07, 6.45) is 4.90. The molecule has 0 saturated heterocycles. The zero-order chi connectivity index (χ0) is 45.1. The average Bonchev–Trinajstić information content (AvgIpc) is 3.96. The number of aryl methyl sites for hydroxylation is 1. The summed E-state index contributed by atoms with van der Waals surface area (Å²) < 4.78 is 5.30. The summed E-state index contributed by atoms with van der Waals surface area (Å²) in [5, 5.41) is 5.28. The Morgan fingerprint density at radius 3 is 1.96 bits per heavy atom. The van der Waals surface area contributed by atoms with Crippen LogP contribution < -0.4 is 31.1 Å². The molecule has 5 heterocycles. The first kappa shape index (κ1) is 39.8. The van der Waals surface area contributed by atoms with Crippen molar-refractivity contribution in [1.82, 2.24) is 0 Å². The number of benzene rings is 8. The monoisotopic (exact) mass is 901 g/mol. The fraction of sp³-hybridized carbons (Fsp3) is 0.213. The minimum absolute atomic E-state index is 0.0247. The molecular formula is C61H52BN3S2. The minimum Gasteiger partial charge on any atom is -0.334 e. The first-order valence-corrected chi connectivity index (χ1v) is 25.9. The lowest BCUT2D eigenvalue weighted by atomic mass is 9.33. The van der Waals surface area contributed by atoms with Crippen LogP contribution in [0.3, 0.4) is 0 Å². The number of para-hydroxylation sites is 1. The van der Waals surface area contributed by atoms with Crippen LogP contribution in [0, 0.1) is 6.92 Å². The van der Waals surface area contributed by atoms with Crippen LogP contribution in [0.2, 0.25) is 0 Å². The Morgan fingerprint density at radius 2 is 1.13 bits per heavy atom. The maximum absolute atomic E-state index is 2.75. The lowest BCUT2D eigenvalue weighted by Gasteiger charge is -2.50. The topological polar surface area (TPSA) is 9.72 Å². The van der Waals surface area contributed by atoms with E-state index in [9.17, 15) is 0 Å². The zero-order valence-corrected chi connectivity index (χ0v) is 40.7. The summed E-state index contributed by atoms with van der Waals surface area (Å²) in [7, 11) is 0.